The zero-order valence-electron chi connectivity index (χ0n) is 15.7. The first-order chi connectivity index (χ1) is 14.8. The largest absolute Gasteiger partial charge is 0.482 e. The normalized spacial score (nSPS) is 11.2. The molecule has 0 fully saturated rings. The van der Waals surface area contributed by atoms with E-state index in [9.17, 15) is 4.39 Å². The molecule has 0 bridgehead atoms. The lowest BCUT2D eigenvalue weighted by Gasteiger charge is -2.08. The van der Waals surface area contributed by atoms with E-state index in [1.165, 1.54) is 41.3 Å². The topological polar surface area (TPSA) is 57.1 Å². The number of thiophene rings is 1. The van der Waals surface area contributed by atoms with Crippen LogP contribution in [0.2, 0.25) is 0 Å². The van der Waals surface area contributed by atoms with Crippen LogP contribution in [0.3, 0.4) is 0 Å². The Morgan fingerprint density at radius 2 is 1.77 bits per heavy atom. The van der Waals surface area contributed by atoms with Crippen molar-refractivity contribution in [3.8, 4) is 22.1 Å². The number of ether oxygens (including phenoxy) is 2. The molecule has 0 atom stereocenters. The maximum absolute atomic E-state index is 13.3. The minimum absolute atomic E-state index is 0.264. The van der Waals surface area contributed by atoms with E-state index in [2.05, 4.69) is 14.3 Å². The van der Waals surface area contributed by atoms with Crippen LogP contribution in [-0.2, 0) is 0 Å². The van der Waals surface area contributed by atoms with E-state index in [4.69, 9.17) is 9.47 Å². The first kappa shape index (κ1) is 18.9. The summed E-state index contributed by atoms with van der Waals surface area (Å²) in [6, 6.07) is 14.3. The summed E-state index contributed by atoms with van der Waals surface area (Å²) >= 11 is 2.88. The molecule has 0 aliphatic rings. The van der Waals surface area contributed by atoms with Crippen LogP contribution in [0.25, 0.3) is 32.2 Å². The maximum Gasteiger partial charge on any atom is 0.225 e. The van der Waals surface area contributed by atoms with Crippen molar-refractivity contribution in [2.45, 2.75) is 6.42 Å². The first-order valence-electron chi connectivity index (χ1n) is 9.38. The Bertz CT molecular complexity index is 1300. The van der Waals surface area contributed by atoms with Crippen molar-refractivity contribution in [1.29, 1.82) is 0 Å². The van der Waals surface area contributed by atoms with Gasteiger partial charge in [0, 0.05) is 28.9 Å². The second kappa shape index (κ2) is 8.33. The molecule has 0 N–H and O–H groups in total. The predicted molar refractivity (Wildman–Crippen MR) is 118 cm³/mol. The van der Waals surface area contributed by atoms with Gasteiger partial charge in [0.1, 0.15) is 17.0 Å². The molecule has 5 aromatic rings. The van der Waals surface area contributed by atoms with Gasteiger partial charge in [0.05, 0.1) is 29.5 Å². The third-order valence-electron chi connectivity index (χ3n) is 4.60. The molecule has 2 aromatic carbocycles. The molecule has 0 aliphatic heterocycles. The number of hydrogen-bond donors (Lipinski definition) is 0. The number of benzene rings is 2. The third-order valence-corrected chi connectivity index (χ3v) is 6.28. The summed E-state index contributed by atoms with van der Waals surface area (Å²) in [5.74, 6) is 0.267. The Morgan fingerprint density at radius 1 is 0.933 bits per heavy atom. The van der Waals surface area contributed by atoms with E-state index in [0.29, 0.717) is 25.5 Å². The zero-order valence-corrected chi connectivity index (χ0v) is 17.4. The summed E-state index contributed by atoms with van der Waals surface area (Å²) in [6.07, 6.45) is 2.20. The van der Waals surface area contributed by atoms with Crippen LogP contribution in [0.1, 0.15) is 6.42 Å². The Labute approximate surface area is 179 Å². The van der Waals surface area contributed by atoms with Crippen molar-refractivity contribution in [3.05, 3.63) is 66.1 Å². The highest BCUT2D eigenvalue weighted by molar-refractivity contribution is 7.17. The van der Waals surface area contributed by atoms with E-state index < -0.39 is 0 Å². The number of rotatable bonds is 7. The summed E-state index contributed by atoms with van der Waals surface area (Å²) in [5.41, 5.74) is 2.79. The van der Waals surface area contributed by atoms with E-state index in [-0.39, 0.29) is 5.82 Å². The summed E-state index contributed by atoms with van der Waals surface area (Å²) in [5, 5.41) is 4.70. The Balaban J connectivity index is 1.26. The van der Waals surface area contributed by atoms with Gasteiger partial charge in [-0.05, 0) is 29.8 Å². The number of halogens is 1. The van der Waals surface area contributed by atoms with Crippen molar-refractivity contribution in [2.24, 2.45) is 0 Å². The van der Waals surface area contributed by atoms with Gasteiger partial charge in [-0.3, -0.25) is 0 Å². The van der Waals surface area contributed by atoms with E-state index in [1.807, 2.05) is 29.6 Å². The molecule has 0 spiro atoms. The minimum Gasteiger partial charge on any atom is -0.482 e. The van der Waals surface area contributed by atoms with Crippen LogP contribution in [-0.4, -0.2) is 27.6 Å². The molecule has 0 unspecified atom stereocenters. The number of nitrogens with zero attached hydrogens (tertiary/aromatic N) is 3. The van der Waals surface area contributed by atoms with Gasteiger partial charge in [0.25, 0.3) is 0 Å². The average Bonchev–Trinajstić information content (AvgIpc) is 3.39. The Morgan fingerprint density at radius 3 is 2.67 bits per heavy atom. The summed E-state index contributed by atoms with van der Waals surface area (Å²) < 4.78 is 29.5. The molecule has 3 aromatic heterocycles. The molecule has 0 saturated carbocycles. The van der Waals surface area contributed by atoms with Crippen molar-refractivity contribution >= 4 is 44.0 Å². The third kappa shape index (κ3) is 3.71. The molecule has 150 valence electrons. The Kier molecular flexibility index (Phi) is 5.25. The van der Waals surface area contributed by atoms with Gasteiger partial charge in [-0.2, -0.15) is 4.37 Å². The maximum atomic E-state index is 13.3. The average molecular weight is 438 g/mol. The Hall–Kier alpha value is -3.10. The zero-order chi connectivity index (χ0) is 20.3. The van der Waals surface area contributed by atoms with Crippen LogP contribution >= 0.6 is 22.9 Å². The van der Waals surface area contributed by atoms with Gasteiger partial charge >= 0.3 is 0 Å². The van der Waals surface area contributed by atoms with Crippen LogP contribution in [0.15, 0.2) is 60.2 Å². The van der Waals surface area contributed by atoms with Crippen LogP contribution in [0, 0.1) is 5.82 Å². The highest BCUT2D eigenvalue weighted by Crippen LogP contribution is 2.37. The minimum atomic E-state index is -0.264. The summed E-state index contributed by atoms with van der Waals surface area (Å²) in [4.78, 5) is 9.50. The second-order valence-corrected chi connectivity index (χ2v) is 8.15. The lowest BCUT2D eigenvalue weighted by atomic mass is 10.1. The number of fused-ring (bicyclic) bond motifs is 2. The van der Waals surface area contributed by atoms with Crippen LogP contribution in [0.4, 0.5) is 4.39 Å². The van der Waals surface area contributed by atoms with Crippen LogP contribution < -0.4 is 9.47 Å². The van der Waals surface area contributed by atoms with Gasteiger partial charge in [-0.25, -0.2) is 14.4 Å². The number of hydrogen-bond acceptors (Lipinski definition) is 7. The van der Waals surface area contributed by atoms with Gasteiger partial charge in [-0.15, -0.1) is 11.3 Å². The summed E-state index contributed by atoms with van der Waals surface area (Å²) in [7, 11) is 0. The molecule has 8 heteroatoms. The molecule has 0 radical (unpaired) electrons. The molecule has 5 rings (SSSR count). The second-order valence-electron chi connectivity index (χ2n) is 6.55. The molecule has 5 nitrogen and oxygen atoms in total. The van der Waals surface area contributed by atoms with Crippen molar-refractivity contribution in [2.75, 3.05) is 13.2 Å². The fourth-order valence-corrected chi connectivity index (χ4v) is 4.82. The molecule has 0 saturated heterocycles. The fourth-order valence-electron chi connectivity index (χ4n) is 3.16. The lowest BCUT2D eigenvalue weighted by Crippen LogP contribution is -2.05. The van der Waals surface area contributed by atoms with Gasteiger partial charge in [-0.1, -0.05) is 24.3 Å². The van der Waals surface area contributed by atoms with Crippen molar-refractivity contribution in [3.63, 3.8) is 0 Å². The van der Waals surface area contributed by atoms with Gasteiger partial charge < -0.3 is 9.47 Å². The number of aromatic nitrogens is 3. The lowest BCUT2D eigenvalue weighted by molar-refractivity contribution is 0.248. The standard InChI is InChI=1S/C22H16FN3O2S2/c23-15-8-6-14(7-9-15)17-12-29-21-19(17)20(24-13-25-21)27-10-3-11-28-22-16-4-1-2-5-18(16)26-30-22/h1-2,4-9,12-13H,3,10-11H2. The van der Waals surface area contributed by atoms with E-state index in [1.54, 1.807) is 12.1 Å². The van der Waals surface area contributed by atoms with Gasteiger partial charge in [0.15, 0.2) is 0 Å². The first-order valence-corrected chi connectivity index (χ1v) is 11.0. The molecule has 0 aliphatic carbocycles. The van der Waals surface area contributed by atoms with Crippen LogP contribution in [0.5, 0.6) is 10.9 Å². The molecule has 0 amide bonds. The van der Waals surface area contributed by atoms with Gasteiger partial charge in [0.2, 0.25) is 10.9 Å². The molecular formula is C22H16FN3O2S2. The molecule has 30 heavy (non-hydrogen) atoms. The molecule has 3 heterocycles. The van der Waals surface area contributed by atoms with Crippen molar-refractivity contribution < 1.29 is 13.9 Å². The predicted octanol–water partition coefficient (Wildman–Crippen LogP) is 5.96. The monoisotopic (exact) mass is 437 g/mol. The van der Waals surface area contributed by atoms with E-state index >= 15 is 0 Å². The molecular weight excluding hydrogens is 421 g/mol. The van der Waals surface area contributed by atoms with Crippen molar-refractivity contribution in [1.82, 2.24) is 14.3 Å². The summed E-state index contributed by atoms with van der Waals surface area (Å²) in [6.45, 7) is 0.983. The quantitative estimate of drug-likeness (QED) is 0.294. The highest BCUT2D eigenvalue weighted by atomic mass is 32.1. The van der Waals surface area contributed by atoms with E-state index in [0.717, 1.165) is 37.3 Å². The SMILES string of the molecule is Fc1ccc(-c2csc3ncnc(OCCCOc4snc5ccccc45)c23)cc1. The highest BCUT2D eigenvalue weighted by Gasteiger charge is 2.14. The fraction of sp³-hybridized carbons (Fsp3) is 0.136. The smallest absolute Gasteiger partial charge is 0.225 e.